The summed E-state index contributed by atoms with van der Waals surface area (Å²) >= 11 is 0. The average molecular weight is 184 g/mol. The van der Waals surface area contributed by atoms with Gasteiger partial charge < -0.3 is 5.11 Å². The first-order valence-corrected chi connectivity index (χ1v) is 3.65. The molecule has 3 nitrogen and oxygen atoms in total. The number of benzene rings is 1. The summed E-state index contributed by atoms with van der Waals surface area (Å²) < 4.78 is 0. The zero-order valence-corrected chi connectivity index (χ0v) is 6.36. The van der Waals surface area contributed by atoms with E-state index >= 15 is 0 Å². The summed E-state index contributed by atoms with van der Waals surface area (Å²) in [5, 5.41) is 16.0. The van der Waals surface area contributed by atoms with E-state index in [1.54, 1.807) is 18.3 Å². The van der Waals surface area contributed by atoms with Gasteiger partial charge in [-0.25, -0.2) is 0 Å². The molecule has 0 aliphatic rings. The molecule has 0 aliphatic carbocycles. The van der Waals surface area contributed by atoms with Gasteiger partial charge in [-0.15, -0.1) is 0 Å². The molecular formula is C9H9N2NaO. The first-order valence-electron chi connectivity index (χ1n) is 3.65. The number of H-pyrrole nitrogens is 1. The number of aromatic amines is 1. The molecule has 0 radical (unpaired) electrons. The Balaban J connectivity index is 0.000000845. The van der Waals surface area contributed by atoms with E-state index in [1.165, 1.54) is 0 Å². The van der Waals surface area contributed by atoms with Crippen molar-refractivity contribution in [2.24, 2.45) is 0 Å². The molecule has 0 amide bonds. The number of nitrogens with one attached hydrogen (secondary N) is 1. The van der Waals surface area contributed by atoms with Crippen LogP contribution in [-0.4, -0.2) is 44.9 Å². The van der Waals surface area contributed by atoms with Crippen LogP contribution < -0.4 is 0 Å². The number of rotatable bonds is 1. The van der Waals surface area contributed by atoms with Crippen LogP contribution in [0.3, 0.4) is 0 Å². The molecular weight excluding hydrogens is 175 g/mol. The average Bonchev–Trinajstić information content (AvgIpc) is 2.57. The van der Waals surface area contributed by atoms with Gasteiger partial charge >= 0.3 is 29.6 Å². The van der Waals surface area contributed by atoms with Crippen molar-refractivity contribution in [3.63, 3.8) is 0 Å². The number of phenolic OH excluding ortho intramolecular Hbond substituents is 1. The molecule has 0 aliphatic heterocycles. The summed E-state index contributed by atoms with van der Waals surface area (Å²) in [6.45, 7) is 0. The van der Waals surface area contributed by atoms with Crippen molar-refractivity contribution in [1.82, 2.24) is 10.2 Å². The predicted octanol–water partition coefficient (Wildman–Crippen LogP) is 1.13. The van der Waals surface area contributed by atoms with Crippen molar-refractivity contribution in [2.45, 2.75) is 0 Å². The minimum atomic E-state index is 0. The third-order valence-electron chi connectivity index (χ3n) is 1.69. The molecule has 2 N–H and O–H groups in total. The molecule has 2 aromatic rings. The molecule has 1 heterocycles. The normalized spacial score (nSPS) is 9.23. The van der Waals surface area contributed by atoms with Crippen LogP contribution in [0.5, 0.6) is 5.75 Å². The number of aromatic nitrogens is 2. The molecule has 13 heavy (non-hydrogen) atoms. The number of aromatic hydroxyl groups is 1. The fourth-order valence-electron chi connectivity index (χ4n) is 1.11. The third kappa shape index (κ3) is 2.12. The van der Waals surface area contributed by atoms with E-state index in [2.05, 4.69) is 10.2 Å². The van der Waals surface area contributed by atoms with Crippen molar-refractivity contribution in [2.75, 3.05) is 0 Å². The van der Waals surface area contributed by atoms with Gasteiger partial charge in [-0.3, -0.25) is 5.10 Å². The Hall–Kier alpha value is -0.770. The maximum absolute atomic E-state index is 9.43. The molecule has 0 saturated carbocycles. The molecule has 1 aromatic carbocycles. The summed E-state index contributed by atoms with van der Waals surface area (Å²) in [5.41, 5.74) is 1.60. The molecule has 4 heteroatoms. The first kappa shape index (κ1) is 10.3. The Kier molecular flexibility index (Phi) is 3.54. The molecule has 0 fully saturated rings. The van der Waals surface area contributed by atoms with E-state index in [1.807, 2.05) is 18.2 Å². The van der Waals surface area contributed by atoms with Gasteiger partial charge in [0.15, 0.2) is 0 Å². The zero-order valence-electron chi connectivity index (χ0n) is 6.36. The standard InChI is InChI=1S/C9H8N2O.Na.H/c12-9-4-2-1-3-7(9)8-5-6-10-11-8;;/h1-6,12H,(H,10,11);;. The molecule has 62 valence electrons. The number of phenols is 1. The molecule has 0 spiro atoms. The summed E-state index contributed by atoms with van der Waals surface area (Å²) in [7, 11) is 0. The van der Waals surface area contributed by atoms with Crippen molar-refractivity contribution < 1.29 is 5.11 Å². The van der Waals surface area contributed by atoms with Crippen LogP contribution in [0.25, 0.3) is 11.3 Å². The monoisotopic (exact) mass is 184 g/mol. The molecule has 0 atom stereocenters. The topological polar surface area (TPSA) is 48.9 Å². The van der Waals surface area contributed by atoms with Crippen LogP contribution in [0.1, 0.15) is 0 Å². The van der Waals surface area contributed by atoms with Gasteiger partial charge in [0, 0.05) is 11.8 Å². The van der Waals surface area contributed by atoms with Crippen LogP contribution >= 0.6 is 0 Å². The van der Waals surface area contributed by atoms with Gasteiger partial charge in [-0.2, -0.15) is 5.10 Å². The molecule has 0 unspecified atom stereocenters. The van der Waals surface area contributed by atoms with Crippen LogP contribution in [0.15, 0.2) is 36.5 Å². The van der Waals surface area contributed by atoms with E-state index in [-0.39, 0.29) is 35.3 Å². The Bertz CT molecular complexity index is 373. The fraction of sp³-hybridized carbons (Fsp3) is 0. The molecule has 0 saturated heterocycles. The second kappa shape index (κ2) is 4.46. The molecule has 0 bridgehead atoms. The van der Waals surface area contributed by atoms with Crippen molar-refractivity contribution >= 4 is 29.6 Å². The Morgan fingerprint density at radius 2 is 1.92 bits per heavy atom. The SMILES string of the molecule is Oc1ccccc1-c1ccn[nH]1.[NaH]. The summed E-state index contributed by atoms with van der Waals surface area (Å²) in [6, 6.07) is 8.96. The predicted molar refractivity (Wildman–Crippen MR) is 52.8 cm³/mol. The zero-order chi connectivity index (χ0) is 8.39. The van der Waals surface area contributed by atoms with Gasteiger partial charge in [0.25, 0.3) is 0 Å². The van der Waals surface area contributed by atoms with E-state index in [4.69, 9.17) is 0 Å². The summed E-state index contributed by atoms with van der Waals surface area (Å²) in [5.74, 6) is 0.266. The van der Waals surface area contributed by atoms with Gasteiger partial charge in [0.1, 0.15) is 5.75 Å². The second-order valence-electron chi connectivity index (χ2n) is 2.49. The summed E-state index contributed by atoms with van der Waals surface area (Å²) in [4.78, 5) is 0. The number of para-hydroxylation sites is 1. The van der Waals surface area contributed by atoms with E-state index in [0.29, 0.717) is 0 Å². The van der Waals surface area contributed by atoms with E-state index in [9.17, 15) is 5.11 Å². The van der Waals surface area contributed by atoms with Crippen LogP contribution in [0.2, 0.25) is 0 Å². The number of hydrogen-bond acceptors (Lipinski definition) is 2. The Morgan fingerprint density at radius 1 is 1.15 bits per heavy atom. The van der Waals surface area contributed by atoms with Gasteiger partial charge in [-0.05, 0) is 18.2 Å². The van der Waals surface area contributed by atoms with Crippen LogP contribution in [0, 0.1) is 0 Å². The summed E-state index contributed by atoms with van der Waals surface area (Å²) in [6.07, 6.45) is 1.65. The number of hydrogen-bond donors (Lipinski definition) is 2. The van der Waals surface area contributed by atoms with Crippen molar-refractivity contribution in [3.8, 4) is 17.0 Å². The first-order chi connectivity index (χ1) is 5.88. The third-order valence-corrected chi connectivity index (χ3v) is 1.69. The fourth-order valence-corrected chi connectivity index (χ4v) is 1.11. The van der Waals surface area contributed by atoms with Crippen molar-refractivity contribution in [3.05, 3.63) is 36.5 Å². The Morgan fingerprint density at radius 3 is 2.54 bits per heavy atom. The van der Waals surface area contributed by atoms with E-state index in [0.717, 1.165) is 11.3 Å². The number of nitrogens with zero attached hydrogens (tertiary/aromatic N) is 1. The van der Waals surface area contributed by atoms with Gasteiger partial charge in [-0.1, -0.05) is 12.1 Å². The Labute approximate surface area is 98.1 Å². The van der Waals surface area contributed by atoms with Gasteiger partial charge in [0.05, 0.1) is 5.69 Å². The molecule has 2 rings (SSSR count). The van der Waals surface area contributed by atoms with Gasteiger partial charge in [0.2, 0.25) is 0 Å². The quantitative estimate of drug-likeness (QED) is 0.653. The minimum absolute atomic E-state index is 0. The van der Waals surface area contributed by atoms with E-state index < -0.39 is 0 Å². The van der Waals surface area contributed by atoms with Crippen molar-refractivity contribution in [1.29, 1.82) is 0 Å². The maximum atomic E-state index is 9.43. The van der Waals surface area contributed by atoms with Crippen LogP contribution in [-0.2, 0) is 0 Å². The second-order valence-corrected chi connectivity index (χ2v) is 2.49. The van der Waals surface area contributed by atoms with Crippen LogP contribution in [0.4, 0.5) is 0 Å². The molecule has 1 aromatic heterocycles.